The lowest BCUT2D eigenvalue weighted by atomic mass is 10.0. The quantitative estimate of drug-likeness (QED) is 0.455. The van der Waals surface area contributed by atoms with E-state index in [9.17, 15) is 18.0 Å². The van der Waals surface area contributed by atoms with Gasteiger partial charge in [-0.1, -0.05) is 18.2 Å². The molecule has 0 aliphatic carbocycles. The lowest BCUT2D eigenvalue weighted by molar-refractivity contribution is -0.274. The third-order valence-corrected chi connectivity index (χ3v) is 5.99. The maximum Gasteiger partial charge on any atom is 0.573 e. The van der Waals surface area contributed by atoms with Crippen LogP contribution in [0.2, 0.25) is 0 Å². The molecule has 5 rings (SSSR count). The van der Waals surface area contributed by atoms with Gasteiger partial charge in [0.1, 0.15) is 11.4 Å². The van der Waals surface area contributed by atoms with Crippen molar-refractivity contribution in [2.75, 3.05) is 26.2 Å². The SMILES string of the molecule is N#Cc1ccc(-c2cnc3ccc(-c4ccc(C(=O)N5CCNCC5)c(OC(F)(F)F)c4)cn23)cc1. The molecule has 1 fully saturated rings. The minimum atomic E-state index is -4.95. The number of piperazine rings is 1. The Morgan fingerprint density at radius 1 is 1.00 bits per heavy atom. The number of aromatic nitrogens is 2. The number of nitrogens with one attached hydrogen (secondary N) is 1. The van der Waals surface area contributed by atoms with Gasteiger partial charge in [-0.05, 0) is 47.5 Å². The first kappa shape index (κ1) is 23.4. The summed E-state index contributed by atoms with van der Waals surface area (Å²) in [5, 5.41) is 12.2. The lowest BCUT2D eigenvalue weighted by Crippen LogP contribution is -2.46. The van der Waals surface area contributed by atoms with Crippen molar-refractivity contribution in [3.05, 3.63) is 78.1 Å². The Kier molecular flexibility index (Phi) is 6.08. The second kappa shape index (κ2) is 9.36. The molecule has 0 atom stereocenters. The zero-order valence-electron chi connectivity index (χ0n) is 18.9. The van der Waals surface area contributed by atoms with Gasteiger partial charge in [-0.3, -0.25) is 9.20 Å². The number of pyridine rings is 1. The Morgan fingerprint density at radius 2 is 1.69 bits per heavy atom. The summed E-state index contributed by atoms with van der Waals surface area (Å²) in [5.74, 6) is -1.04. The predicted molar refractivity (Wildman–Crippen MR) is 126 cm³/mol. The number of hydrogen-bond acceptors (Lipinski definition) is 5. The van der Waals surface area contributed by atoms with Crippen molar-refractivity contribution >= 4 is 11.6 Å². The van der Waals surface area contributed by atoms with Gasteiger partial charge in [-0.2, -0.15) is 5.26 Å². The van der Waals surface area contributed by atoms with Gasteiger partial charge in [0.15, 0.2) is 0 Å². The third-order valence-electron chi connectivity index (χ3n) is 5.99. The molecule has 7 nitrogen and oxygen atoms in total. The average molecular weight is 491 g/mol. The van der Waals surface area contributed by atoms with Crippen LogP contribution >= 0.6 is 0 Å². The van der Waals surface area contributed by atoms with Crippen LogP contribution in [-0.4, -0.2) is 52.7 Å². The van der Waals surface area contributed by atoms with Crippen molar-refractivity contribution < 1.29 is 22.7 Å². The monoisotopic (exact) mass is 491 g/mol. The predicted octanol–water partition coefficient (Wildman–Crippen LogP) is 4.48. The zero-order chi connectivity index (χ0) is 25.3. The summed E-state index contributed by atoms with van der Waals surface area (Å²) >= 11 is 0. The summed E-state index contributed by atoms with van der Waals surface area (Å²) in [5.41, 5.74) is 3.69. The van der Waals surface area contributed by atoms with E-state index in [1.54, 1.807) is 54.9 Å². The number of carbonyl (C=O) groups is 1. The van der Waals surface area contributed by atoms with Crippen molar-refractivity contribution in [1.82, 2.24) is 19.6 Å². The number of ether oxygens (including phenoxy) is 1. The van der Waals surface area contributed by atoms with Crippen molar-refractivity contribution in [3.8, 4) is 34.2 Å². The second-order valence-corrected chi connectivity index (χ2v) is 8.28. The van der Waals surface area contributed by atoms with E-state index < -0.39 is 18.0 Å². The van der Waals surface area contributed by atoms with E-state index in [4.69, 9.17) is 5.26 Å². The number of fused-ring (bicyclic) bond motifs is 1. The Labute approximate surface area is 204 Å². The van der Waals surface area contributed by atoms with Crippen LogP contribution in [0.3, 0.4) is 0 Å². The lowest BCUT2D eigenvalue weighted by Gasteiger charge is -2.28. The highest BCUT2D eigenvalue weighted by molar-refractivity contribution is 5.97. The summed E-state index contributed by atoms with van der Waals surface area (Å²) in [6.45, 7) is 1.96. The van der Waals surface area contributed by atoms with E-state index in [1.165, 1.54) is 17.0 Å². The van der Waals surface area contributed by atoms with Gasteiger partial charge in [-0.25, -0.2) is 4.98 Å². The van der Waals surface area contributed by atoms with E-state index in [1.807, 2.05) is 4.40 Å². The molecule has 1 aliphatic rings. The first-order valence-corrected chi connectivity index (χ1v) is 11.2. The molecule has 0 spiro atoms. The summed E-state index contributed by atoms with van der Waals surface area (Å²) in [6, 6.07) is 16.8. The molecule has 10 heteroatoms. The van der Waals surface area contributed by atoms with Gasteiger partial charge < -0.3 is 15.0 Å². The van der Waals surface area contributed by atoms with Gasteiger partial charge in [0.25, 0.3) is 5.91 Å². The number of imidazole rings is 1. The van der Waals surface area contributed by atoms with Crippen LogP contribution in [0.1, 0.15) is 15.9 Å². The number of hydrogen-bond donors (Lipinski definition) is 1. The van der Waals surface area contributed by atoms with Crippen LogP contribution in [0, 0.1) is 11.3 Å². The van der Waals surface area contributed by atoms with Crippen LogP contribution in [0.25, 0.3) is 28.0 Å². The van der Waals surface area contributed by atoms with Crippen molar-refractivity contribution in [3.63, 3.8) is 0 Å². The Balaban J connectivity index is 1.54. The van der Waals surface area contributed by atoms with Crippen molar-refractivity contribution in [1.29, 1.82) is 5.26 Å². The highest BCUT2D eigenvalue weighted by atomic mass is 19.4. The first-order chi connectivity index (χ1) is 17.3. The molecule has 182 valence electrons. The fourth-order valence-corrected chi connectivity index (χ4v) is 4.21. The Morgan fingerprint density at radius 3 is 2.39 bits per heavy atom. The summed E-state index contributed by atoms with van der Waals surface area (Å²) in [7, 11) is 0. The zero-order valence-corrected chi connectivity index (χ0v) is 18.9. The number of amides is 1. The molecule has 1 saturated heterocycles. The topological polar surface area (TPSA) is 82.7 Å². The molecule has 2 aromatic heterocycles. The number of nitriles is 1. The molecule has 0 bridgehead atoms. The number of benzene rings is 2. The normalized spacial score (nSPS) is 14.0. The fourth-order valence-electron chi connectivity index (χ4n) is 4.21. The van der Waals surface area contributed by atoms with Crippen LogP contribution < -0.4 is 10.1 Å². The molecule has 4 aromatic rings. The molecular weight excluding hydrogens is 471 g/mol. The first-order valence-electron chi connectivity index (χ1n) is 11.2. The minimum Gasteiger partial charge on any atom is -0.405 e. The molecule has 1 N–H and O–H groups in total. The van der Waals surface area contributed by atoms with Gasteiger partial charge in [0.05, 0.1) is 29.1 Å². The summed E-state index contributed by atoms with van der Waals surface area (Å²) in [6.07, 6.45) is -1.50. The Bertz CT molecular complexity index is 1470. The van der Waals surface area contributed by atoms with Gasteiger partial charge >= 0.3 is 6.36 Å². The molecule has 0 unspecified atom stereocenters. The smallest absolute Gasteiger partial charge is 0.405 e. The molecule has 1 amide bonds. The number of carbonyl (C=O) groups excluding carboxylic acids is 1. The molecule has 36 heavy (non-hydrogen) atoms. The third kappa shape index (κ3) is 4.74. The fraction of sp³-hybridized carbons (Fsp3) is 0.192. The number of alkyl halides is 3. The van der Waals surface area contributed by atoms with E-state index in [0.717, 1.165) is 11.3 Å². The molecule has 3 heterocycles. The highest BCUT2D eigenvalue weighted by Crippen LogP contribution is 2.33. The van der Waals surface area contributed by atoms with Gasteiger partial charge in [0, 0.05) is 37.9 Å². The number of nitrogens with zero attached hydrogens (tertiary/aromatic N) is 4. The van der Waals surface area contributed by atoms with E-state index in [0.29, 0.717) is 48.5 Å². The van der Waals surface area contributed by atoms with Gasteiger partial charge in [-0.15, -0.1) is 13.2 Å². The number of rotatable bonds is 4. The molecule has 1 aliphatic heterocycles. The minimum absolute atomic E-state index is 0.139. The van der Waals surface area contributed by atoms with Crippen LogP contribution in [0.15, 0.2) is 67.0 Å². The second-order valence-electron chi connectivity index (χ2n) is 8.28. The molecule has 0 radical (unpaired) electrons. The number of halogens is 3. The van der Waals surface area contributed by atoms with Crippen LogP contribution in [0.5, 0.6) is 5.75 Å². The maximum absolute atomic E-state index is 13.2. The van der Waals surface area contributed by atoms with E-state index >= 15 is 0 Å². The molecular formula is C26H20F3N5O2. The largest absolute Gasteiger partial charge is 0.573 e. The summed E-state index contributed by atoms with van der Waals surface area (Å²) in [4.78, 5) is 18.9. The Hall–Kier alpha value is -4.36. The maximum atomic E-state index is 13.2. The van der Waals surface area contributed by atoms with Crippen molar-refractivity contribution in [2.24, 2.45) is 0 Å². The standard InChI is InChI=1S/C26H20F3N5O2/c27-26(28,29)36-23-13-19(5-7-21(23)25(35)33-11-9-31-10-12-33)20-6-8-24-32-15-22(34(24)16-20)18-3-1-17(14-30)2-4-18/h1-8,13,15-16,31H,9-12H2. The highest BCUT2D eigenvalue weighted by Gasteiger charge is 2.34. The van der Waals surface area contributed by atoms with Crippen molar-refractivity contribution in [2.45, 2.75) is 6.36 Å². The van der Waals surface area contributed by atoms with E-state index in [2.05, 4.69) is 21.1 Å². The van der Waals surface area contributed by atoms with E-state index in [-0.39, 0.29) is 5.56 Å². The summed E-state index contributed by atoms with van der Waals surface area (Å²) < 4.78 is 45.8. The van der Waals surface area contributed by atoms with Gasteiger partial charge in [0.2, 0.25) is 0 Å². The van der Waals surface area contributed by atoms with Crippen LogP contribution in [0.4, 0.5) is 13.2 Å². The molecule has 2 aromatic carbocycles. The molecule has 0 saturated carbocycles. The van der Waals surface area contributed by atoms with Crippen LogP contribution in [-0.2, 0) is 0 Å². The average Bonchev–Trinajstić information content (AvgIpc) is 3.31.